The molecule has 1 aliphatic rings. The van der Waals surface area contributed by atoms with E-state index in [0.717, 1.165) is 12.5 Å². The average Bonchev–Trinajstić information content (AvgIpc) is 3.17. The molecule has 1 N–H and O–H groups in total. The molecule has 19 heavy (non-hydrogen) atoms. The lowest BCUT2D eigenvalue weighted by Crippen LogP contribution is -2.15. The van der Waals surface area contributed by atoms with Crippen LogP contribution >= 0.6 is 0 Å². The van der Waals surface area contributed by atoms with Crippen LogP contribution in [0.4, 0.5) is 13.2 Å². The molecule has 0 aromatic heterocycles. The second-order valence-electron chi connectivity index (χ2n) is 5.26. The minimum absolute atomic E-state index is 0.205. The Bertz CT molecular complexity index is 379. The Morgan fingerprint density at radius 2 is 1.74 bits per heavy atom. The first-order valence-corrected chi connectivity index (χ1v) is 6.91. The zero-order chi connectivity index (χ0) is 13.7. The summed E-state index contributed by atoms with van der Waals surface area (Å²) in [6.45, 7) is 1.37. The van der Waals surface area contributed by atoms with Gasteiger partial charge in [0.15, 0.2) is 0 Å². The normalized spacial score (nSPS) is 15.7. The van der Waals surface area contributed by atoms with E-state index in [2.05, 4.69) is 29.6 Å². The predicted molar refractivity (Wildman–Crippen MR) is 70.0 cm³/mol. The lowest BCUT2D eigenvalue weighted by atomic mass is 10.1. The maximum atomic E-state index is 11.9. The lowest BCUT2D eigenvalue weighted by molar-refractivity contribution is -0.135. The van der Waals surface area contributed by atoms with Gasteiger partial charge in [0.1, 0.15) is 0 Å². The van der Waals surface area contributed by atoms with Crippen LogP contribution in [0.25, 0.3) is 0 Å². The average molecular weight is 271 g/mol. The summed E-state index contributed by atoms with van der Waals surface area (Å²) >= 11 is 0. The molecule has 1 nitrogen and oxygen atoms in total. The summed E-state index contributed by atoms with van der Waals surface area (Å²) in [4.78, 5) is 0. The van der Waals surface area contributed by atoms with Gasteiger partial charge in [0.2, 0.25) is 0 Å². The van der Waals surface area contributed by atoms with Gasteiger partial charge in [0.05, 0.1) is 0 Å². The maximum absolute atomic E-state index is 11.9. The summed E-state index contributed by atoms with van der Waals surface area (Å²) in [7, 11) is 0. The minimum Gasteiger partial charge on any atom is -0.313 e. The summed E-state index contributed by atoms with van der Waals surface area (Å²) in [6, 6.07) is 8.55. The Morgan fingerprint density at radius 1 is 1.05 bits per heavy atom. The van der Waals surface area contributed by atoms with E-state index < -0.39 is 12.6 Å². The molecule has 1 saturated carbocycles. The number of hydrogen-bond donors (Lipinski definition) is 1. The van der Waals surface area contributed by atoms with Crippen molar-refractivity contribution >= 4 is 0 Å². The van der Waals surface area contributed by atoms with E-state index in [1.54, 1.807) is 0 Å². The molecule has 0 radical (unpaired) electrons. The van der Waals surface area contributed by atoms with Crippen LogP contribution in [0.2, 0.25) is 0 Å². The van der Waals surface area contributed by atoms with Crippen molar-refractivity contribution in [3.05, 3.63) is 35.4 Å². The number of unbranched alkanes of at least 4 members (excludes halogenated alkanes) is 1. The molecule has 1 aromatic carbocycles. The van der Waals surface area contributed by atoms with E-state index >= 15 is 0 Å². The number of benzene rings is 1. The van der Waals surface area contributed by atoms with Crippen LogP contribution < -0.4 is 5.32 Å². The van der Waals surface area contributed by atoms with Crippen molar-refractivity contribution in [3.8, 4) is 0 Å². The van der Waals surface area contributed by atoms with Gasteiger partial charge in [-0.3, -0.25) is 0 Å². The Morgan fingerprint density at radius 3 is 2.32 bits per heavy atom. The standard InChI is InChI=1S/C15H20F3N/c16-15(17,18)9-1-2-10-19-11-12-3-5-13(6-4-12)14-7-8-14/h3-6,14,19H,1-2,7-11H2. The molecule has 0 saturated heterocycles. The highest BCUT2D eigenvalue weighted by Crippen LogP contribution is 2.39. The van der Waals surface area contributed by atoms with Gasteiger partial charge < -0.3 is 5.32 Å². The molecular formula is C15H20F3N. The molecule has 0 spiro atoms. The van der Waals surface area contributed by atoms with Crippen LogP contribution in [-0.2, 0) is 6.54 Å². The van der Waals surface area contributed by atoms with Gasteiger partial charge in [-0.05, 0) is 49.3 Å². The highest BCUT2D eigenvalue weighted by molar-refractivity contribution is 5.27. The van der Waals surface area contributed by atoms with E-state index in [9.17, 15) is 13.2 Å². The lowest BCUT2D eigenvalue weighted by Gasteiger charge is -2.07. The third kappa shape index (κ3) is 5.64. The van der Waals surface area contributed by atoms with Crippen molar-refractivity contribution in [1.82, 2.24) is 5.32 Å². The van der Waals surface area contributed by atoms with E-state index in [-0.39, 0.29) is 6.42 Å². The second kappa shape index (κ2) is 6.42. The van der Waals surface area contributed by atoms with Gasteiger partial charge in [-0.1, -0.05) is 24.3 Å². The van der Waals surface area contributed by atoms with Gasteiger partial charge in [-0.25, -0.2) is 0 Å². The van der Waals surface area contributed by atoms with Crippen LogP contribution in [0.3, 0.4) is 0 Å². The molecule has 0 heterocycles. The van der Waals surface area contributed by atoms with Crippen molar-refractivity contribution in [2.75, 3.05) is 6.54 Å². The zero-order valence-corrected chi connectivity index (χ0v) is 11.0. The molecule has 2 rings (SSSR count). The Hall–Kier alpha value is -1.03. The van der Waals surface area contributed by atoms with Gasteiger partial charge in [0, 0.05) is 13.0 Å². The van der Waals surface area contributed by atoms with E-state index in [1.807, 2.05) is 0 Å². The van der Waals surface area contributed by atoms with Crippen molar-refractivity contribution in [1.29, 1.82) is 0 Å². The topological polar surface area (TPSA) is 12.0 Å². The Kier molecular flexibility index (Phi) is 4.86. The fourth-order valence-electron chi connectivity index (χ4n) is 2.13. The van der Waals surface area contributed by atoms with E-state index in [1.165, 1.54) is 24.0 Å². The zero-order valence-electron chi connectivity index (χ0n) is 11.0. The third-order valence-corrected chi connectivity index (χ3v) is 3.42. The van der Waals surface area contributed by atoms with Crippen LogP contribution in [0.15, 0.2) is 24.3 Å². The fraction of sp³-hybridized carbons (Fsp3) is 0.600. The van der Waals surface area contributed by atoms with Crippen molar-refractivity contribution < 1.29 is 13.2 Å². The van der Waals surface area contributed by atoms with Crippen LogP contribution in [-0.4, -0.2) is 12.7 Å². The molecule has 0 aliphatic heterocycles. The number of nitrogens with one attached hydrogen (secondary N) is 1. The number of hydrogen-bond acceptors (Lipinski definition) is 1. The fourth-order valence-corrected chi connectivity index (χ4v) is 2.13. The highest BCUT2D eigenvalue weighted by Gasteiger charge is 2.25. The van der Waals surface area contributed by atoms with Gasteiger partial charge in [-0.2, -0.15) is 13.2 Å². The molecule has 4 heteroatoms. The monoisotopic (exact) mass is 271 g/mol. The van der Waals surface area contributed by atoms with Crippen molar-refractivity contribution in [3.63, 3.8) is 0 Å². The minimum atomic E-state index is -4.02. The molecule has 1 aromatic rings. The smallest absolute Gasteiger partial charge is 0.313 e. The van der Waals surface area contributed by atoms with Crippen molar-refractivity contribution in [2.24, 2.45) is 0 Å². The quantitative estimate of drug-likeness (QED) is 0.725. The van der Waals surface area contributed by atoms with Crippen LogP contribution in [0.1, 0.15) is 49.1 Å². The van der Waals surface area contributed by atoms with Gasteiger partial charge in [-0.15, -0.1) is 0 Å². The van der Waals surface area contributed by atoms with E-state index in [4.69, 9.17) is 0 Å². The van der Waals surface area contributed by atoms with Crippen LogP contribution in [0, 0.1) is 0 Å². The molecule has 0 atom stereocenters. The number of alkyl halides is 3. The third-order valence-electron chi connectivity index (χ3n) is 3.42. The summed E-state index contributed by atoms with van der Waals surface area (Å²) in [6.07, 6.45) is -1.31. The van der Waals surface area contributed by atoms with Gasteiger partial charge in [0.25, 0.3) is 0 Å². The molecular weight excluding hydrogens is 251 g/mol. The molecule has 1 aliphatic carbocycles. The SMILES string of the molecule is FC(F)(F)CCCCNCc1ccc(C2CC2)cc1. The second-order valence-corrected chi connectivity index (χ2v) is 5.26. The van der Waals surface area contributed by atoms with Crippen LogP contribution in [0.5, 0.6) is 0 Å². The molecule has 0 bridgehead atoms. The Labute approximate surface area is 112 Å². The summed E-state index contributed by atoms with van der Waals surface area (Å²) in [5, 5.41) is 3.18. The summed E-state index contributed by atoms with van der Waals surface area (Å²) in [5.74, 6) is 0.768. The molecule has 1 fully saturated rings. The highest BCUT2D eigenvalue weighted by atomic mass is 19.4. The summed E-state index contributed by atoms with van der Waals surface area (Å²) < 4.78 is 35.8. The maximum Gasteiger partial charge on any atom is 0.389 e. The number of rotatable bonds is 7. The number of halogens is 3. The molecule has 106 valence electrons. The summed E-state index contributed by atoms with van der Waals surface area (Å²) in [5.41, 5.74) is 2.61. The molecule has 0 amide bonds. The van der Waals surface area contributed by atoms with E-state index in [0.29, 0.717) is 13.0 Å². The largest absolute Gasteiger partial charge is 0.389 e. The first-order chi connectivity index (χ1) is 9.04. The predicted octanol–water partition coefficient (Wildman–Crippen LogP) is 4.39. The van der Waals surface area contributed by atoms with Gasteiger partial charge >= 0.3 is 6.18 Å². The van der Waals surface area contributed by atoms with Crippen molar-refractivity contribution in [2.45, 2.75) is 50.7 Å². The first-order valence-electron chi connectivity index (χ1n) is 6.91. The molecule has 0 unspecified atom stereocenters. The first kappa shape index (κ1) is 14.4. The Balaban J connectivity index is 1.57.